The summed E-state index contributed by atoms with van der Waals surface area (Å²) in [6.45, 7) is 5.50. The second-order valence-electron chi connectivity index (χ2n) is 5.03. The molecule has 1 atom stereocenters. The molecule has 1 saturated heterocycles. The van der Waals surface area contributed by atoms with Gasteiger partial charge in [0.25, 0.3) is 0 Å². The van der Waals surface area contributed by atoms with Crippen LogP contribution in [0.4, 0.5) is 5.82 Å². The smallest absolute Gasteiger partial charge is 0.163 e. The fourth-order valence-corrected chi connectivity index (χ4v) is 2.86. The number of likely N-dealkylation sites (tertiary alicyclic amines) is 1. The van der Waals surface area contributed by atoms with Crippen molar-refractivity contribution in [2.24, 2.45) is 7.05 Å². The molecule has 1 fully saturated rings. The Morgan fingerprint density at radius 2 is 2.32 bits per heavy atom. The van der Waals surface area contributed by atoms with Gasteiger partial charge in [-0.1, -0.05) is 6.92 Å². The Kier molecular flexibility index (Phi) is 3.33. The molecule has 19 heavy (non-hydrogen) atoms. The topological polar surface area (TPSA) is 58.9 Å². The number of anilines is 1. The summed E-state index contributed by atoms with van der Waals surface area (Å²) in [4.78, 5) is 11.1. The number of nitrogens with one attached hydrogen (secondary N) is 1. The largest absolute Gasteiger partial charge is 0.368 e. The zero-order valence-electron chi connectivity index (χ0n) is 11.5. The van der Waals surface area contributed by atoms with Gasteiger partial charge >= 0.3 is 0 Å². The maximum Gasteiger partial charge on any atom is 0.163 e. The minimum Gasteiger partial charge on any atom is -0.368 e. The third-order valence-corrected chi connectivity index (χ3v) is 3.94. The van der Waals surface area contributed by atoms with Gasteiger partial charge in [-0.15, -0.1) is 0 Å². The maximum absolute atomic E-state index is 4.34. The number of aryl methyl sites for hydroxylation is 1. The van der Waals surface area contributed by atoms with E-state index in [0.29, 0.717) is 6.04 Å². The van der Waals surface area contributed by atoms with Crippen molar-refractivity contribution in [3.8, 4) is 0 Å². The fraction of sp³-hybridized carbons (Fsp3) is 0.615. The van der Waals surface area contributed by atoms with E-state index in [2.05, 4.69) is 32.2 Å². The predicted octanol–water partition coefficient (Wildman–Crippen LogP) is 1.26. The van der Waals surface area contributed by atoms with Gasteiger partial charge in [0, 0.05) is 19.6 Å². The molecule has 102 valence electrons. The summed E-state index contributed by atoms with van der Waals surface area (Å²) in [5.74, 6) is 0.890. The number of rotatable bonds is 4. The zero-order chi connectivity index (χ0) is 13.2. The average Bonchev–Trinajstić information content (AvgIpc) is 3.03. The highest BCUT2D eigenvalue weighted by Crippen LogP contribution is 2.20. The van der Waals surface area contributed by atoms with Crippen molar-refractivity contribution >= 4 is 16.9 Å². The minimum absolute atomic E-state index is 0.617. The summed E-state index contributed by atoms with van der Waals surface area (Å²) in [6, 6.07) is 0.617. The van der Waals surface area contributed by atoms with Gasteiger partial charge in [0.2, 0.25) is 0 Å². The van der Waals surface area contributed by atoms with Crippen LogP contribution in [0.1, 0.15) is 19.8 Å². The average molecular weight is 260 g/mol. The molecule has 6 nitrogen and oxygen atoms in total. The van der Waals surface area contributed by atoms with Crippen LogP contribution in [-0.4, -0.2) is 50.3 Å². The Morgan fingerprint density at radius 3 is 3.16 bits per heavy atom. The fourth-order valence-electron chi connectivity index (χ4n) is 2.86. The van der Waals surface area contributed by atoms with Crippen molar-refractivity contribution in [1.29, 1.82) is 0 Å². The highest BCUT2D eigenvalue weighted by Gasteiger charge is 2.22. The van der Waals surface area contributed by atoms with E-state index in [4.69, 9.17) is 0 Å². The van der Waals surface area contributed by atoms with E-state index in [-0.39, 0.29) is 0 Å². The van der Waals surface area contributed by atoms with Crippen LogP contribution >= 0.6 is 0 Å². The molecule has 2 aromatic heterocycles. The van der Waals surface area contributed by atoms with Gasteiger partial charge in [-0.2, -0.15) is 5.10 Å². The molecular weight excluding hydrogens is 240 g/mol. The Labute approximate surface area is 112 Å². The molecule has 1 N–H and O–H groups in total. The van der Waals surface area contributed by atoms with Gasteiger partial charge in [-0.05, 0) is 25.9 Å². The quantitative estimate of drug-likeness (QED) is 0.897. The van der Waals surface area contributed by atoms with Crippen LogP contribution in [0.2, 0.25) is 0 Å². The van der Waals surface area contributed by atoms with Crippen LogP contribution in [0, 0.1) is 0 Å². The molecule has 0 bridgehead atoms. The number of aromatic nitrogens is 4. The van der Waals surface area contributed by atoms with Crippen LogP contribution in [0.25, 0.3) is 11.0 Å². The normalized spacial score (nSPS) is 20.2. The van der Waals surface area contributed by atoms with Crippen molar-refractivity contribution in [3.05, 3.63) is 12.5 Å². The van der Waals surface area contributed by atoms with Crippen molar-refractivity contribution in [2.45, 2.75) is 25.8 Å². The highest BCUT2D eigenvalue weighted by atomic mass is 15.3. The maximum atomic E-state index is 4.34. The van der Waals surface area contributed by atoms with Crippen molar-refractivity contribution in [2.75, 3.05) is 25.0 Å². The van der Waals surface area contributed by atoms with Gasteiger partial charge in [-0.25, -0.2) is 9.97 Å². The summed E-state index contributed by atoms with van der Waals surface area (Å²) >= 11 is 0. The Morgan fingerprint density at radius 1 is 1.42 bits per heavy atom. The highest BCUT2D eigenvalue weighted by molar-refractivity contribution is 5.85. The Bertz CT molecular complexity index is 563. The first-order valence-corrected chi connectivity index (χ1v) is 6.90. The van der Waals surface area contributed by atoms with E-state index in [9.17, 15) is 0 Å². The minimum atomic E-state index is 0.617. The second-order valence-corrected chi connectivity index (χ2v) is 5.03. The molecule has 0 amide bonds. The summed E-state index contributed by atoms with van der Waals surface area (Å²) in [7, 11) is 1.90. The predicted molar refractivity (Wildman–Crippen MR) is 75.1 cm³/mol. The lowest BCUT2D eigenvalue weighted by Gasteiger charge is -2.23. The first-order valence-electron chi connectivity index (χ1n) is 6.90. The van der Waals surface area contributed by atoms with Crippen LogP contribution in [-0.2, 0) is 7.05 Å². The molecule has 0 aliphatic carbocycles. The third kappa shape index (κ3) is 2.28. The molecule has 3 heterocycles. The molecule has 0 spiro atoms. The van der Waals surface area contributed by atoms with E-state index in [0.717, 1.165) is 29.9 Å². The second kappa shape index (κ2) is 5.13. The monoisotopic (exact) mass is 260 g/mol. The molecule has 1 aliphatic rings. The van der Waals surface area contributed by atoms with Crippen molar-refractivity contribution in [1.82, 2.24) is 24.6 Å². The van der Waals surface area contributed by atoms with Crippen LogP contribution in [0.15, 0.2) is 12.5 Å². The van der Waals surface area contributed by atoms with E-state index in [1.165, 1.54) is 19.4 Å². The summed E-state index contributed by atoms with van der Waals surface area (Å²) < 4.78 is 1.77. The van der Waals surface area contributed by atoms with E-state index in [1.807, 2.05) is 13.2 Å². The van der Waals surface area contributed by atoms with E-state index >= 15 is 0 Å². The van der Waals surface area contributed by atoms with E-state index < -0.39 is 0 Å². The molecule has 6 heteroatoms. The van der Waals surface area contributed by atoms with Crippen molar-refractivity contribution < 1.29 is 0 Å². The zero-order valence-corrected chi connectivity index (χ0v) is 11.5. The van der Waals surface area contributed by atoms with Crippen LogP contribution in [0.5, 0.6) is 0 Å². The molecule has 2 aromatic rings. The van der Waals surface area contributed by atoms with Crippen LogP contribution < -0.4 is 5.32 Å². The molecule has 0 aromatic carbocycles. The number of hydrogen-bond acceptors (Lipinski definition) is 5. The molecule has 1 unspecified atom stereocenters. The number of hydrogen-bond donors (Lipinski definition) is 1. The Balaban J connectivity index is 1.75. The molecule has 3 rings (SSSR count). The van der Waals surface area contributed by atoms with Gasteiger partial charge in [0.1, 0.15) is 12.1 Å². The van der Waals surface area contributed by atoms with Gasteiger partial charge in [-0.3, -0.25) is 9.58 Å². The van der Waals surface area contributed by atoms with Crippen LogP contribution in [0.3, 0.4) is 0 Å². The van der Waals surface area contributed by atoms with Gasteiger partial charge in [0.05, 0.1) is 11.6 Å². The molecule has 0 saturated carbocycles. The van der Waals surface area contributed by atoms with Gasteiger partial charge in [0.15, 0.2) is 5.65 Å². The SMILES string of the molecule is CCN1CCCC1CNc1ncnc2c1cnn2C. The third-order valence-electron chi connectivity index (χ3n) is 3.94. The summed E-state index contributed by atoms with van der Waals surface area (Å²) in [5.41, 5.74) is 0.872. The van der Waals surface area contributed by atoms with Crippen molar-refractivity contribution in [3.63, 3.8) is 0 Å². The first-order chi connectivity index (χ1) is 9.29. The summed E-state index contributed by atoms with van der Waals surface area (Å²) in [5, 5.41) is 8.68. The molecule has 1 aliphatic heterocycles. The van der Waals surface area contributed by atoms with E-state index in [1.54, 1.807) is 11.0 Å². The number of fused-ring (bicyclic) bond motifs is 1. The number of nitrogens with zero attached hydrogens (tertiary/aromatic N) is 5. The van der Waals surface area contributed by atoms with Gasteiger partial charge < -0.3 is 5.32 Å². The lowest BCUT2D eigenvalue weighted by Crippen LogP contribution is -2.34. The Hall–Kier alpha value is -1.69. The summed E-state index contributed by atoms with van der Waals surface area (Å²) in [6.07, 6.45) is 5.98. The lowest BCUT2D eigenvalue weighted by atomic mass is 10.2. The molecular formula is C13H20N6. The number of likely N-dealkylation sites (N-methyl/N-ethyl adjacent to an activating group) is 1. The first kappa shape index (κ1) is 12.3. The standard InChI is InChI=1S/C13H20N6/c1-3-19-6-4-5-10(19)7-14-12-11-8-17-18(2)13(11)16-9-15-12/h8-10H,3-7H2,1-2H3,(H,14,15,16). The molecule has 0 radical (unpaired) electrons. The lowest BCUT2D eigenvalue weighted by molar-refractivity contribution is 0.277.